The van der Waals surface area contributed by atoms with Gasteiger partial charge in [0, 0.05) is 13.2 Å². The molecule has 1 atom stereocenters. The topological polar surface area (TPSA) is 27.1 Å². The van der Waals surface area contributed by atoms with Crippen LogP contribution in [0.2, 0.25) is 5.02 Å². The molecule has 1 aromatic carbocycles. The minimum atomic E-state index is -0.0706. The summed E-state index contributed by atoms with van der Waals surface area (Å²) in [5.74, 6) is 0. The number of benzene rings is 1. The van der Waals surface area contributed by atoms with E-state index in [-0.39, 0.29) is 6.10 Å². The minimum absolute atomic E-state index is 0.0706. The Labute approximate surface area is 99.6 Å². The quantitative estimate of drug-likeness (QED) is 0.818. The summed E-state index contributed by atoms with van der Waals surface area (Å²) in [7, 11) is 1.66. The molecule has 4 heteroatoms. The maximum atomic E-state index is 6.12. The van der Waals surface area contributed by atoms with E-state index in [1.807, 2.05) is 31.2 Å². The largest absolute Gasteiger partial charge is 0.375 e. The zero-order chi connectivity index (χ0) is 11.5. The molecule has 83 valence electrons. The summed E-state index contributed by atoms with van der Waals surface area (Å²) in [6.45, 7) is 1.95. The van der Waals surface area contributed by atoms with Gasteiger partial charge in [0.25, 0.3) is 0 Å². The third-order valence-corrected chi connectivity index (χ3v) is 2.75. The molecule has 0 spiro atoms. The SMILES string of the molecule is COC(C)c1[c]cnn1-c1ccccc1Cl. The van der Waals surface area contributed by atoms with Crippen molar-refractivity contribution in [1.82, 2.24) is 9.78 Å². The molecule has 0 fully saturated rings. The predicted molar refractivity (Wildman–Crippen MR) is 62.8 cm³/mol. The highest BCUT2D eigenvalue weighted by Crippen LogP contribution is 2.24. The van der Waals surface area contributed by atoms with Crippen LogP contribution in [0, 0.1) is 6.07 Å². The predicted octanol–water partition coefficient (Wildman–Crippen LogP) is 3.03. The number of nitrogens with zero attached hydrogens (tertiary/aromatic N) is 2. The summed E-state index contributed by atoms with van der Waals surface area (Å²) in [6.07, 6.45) is 1.55. The molecule has 0 aliphatic heterocycles. The van der Waals surface area contributed by atoms with Crippen molar-refractivity contribution in [3.63, 3.8) is 0 Å². The van der Waals surface area contributed by atoms with Crippen LogP contribution in [0.15, 0.2) is 30.5 Å². The summed E-state index contributed by atoms with van der Waals surface area (Å²) in [6, 6.07) is 10.6. The molecular weight excluding hydrogens is 224 g/mol. The number of ether oxygens (including phenoxy) is 1. The molecule has 0 N–H and O–H groups in total. The zero-order valence-electron chi connectivity index (χ0n) is 9.14. The highest BCUT2D eigenvalue weighted by molar-refractivity contribution is 6.32. The van der Waals surface area contributed by atoms with E-state index < -0.39 is 0 Å². The normalized spacial score (nSPS) is 12.7. The van der Waals surface area contributed by atoms with E-state index in [0.717, 1.165) is 11.4 Å². The Morgan fingerprint density at radius 2 is 2.19 bits per heavy atom. The lowest BCUT2D eigenvalue weighted by atomic mass is 10.2. The summed E-state index contributed by atoms with van der Waals surface area (Å²) in [5.41, 5.74) is 1.69. The van der Waals surface area contributed by atoms with Crippen molar-refractivity contribution < 1.29 is 4.74 Å². The van der Waals surface area contributed by atoms with Crippen molar-refractivity contribution in [3.8, 4) is 5.69 Å². The number of rotatable bonds is 3. The summed E-state index contributed by atoms with van der Waals surface area (Å²) < 4.78 is 7.01. The van der Waals surface area contributed by atoms with Gasteiger partial charge in [-0.1, -0.05) is 23.7 Å². The summed E-state index contributed by atoms with van der Waals surface area (Å²) in [5, 5.41) is 4.87. The van der Waals surface area contributed by atoms with Gasteiger partial charge in [-0.15, -0.1) is 0 Å². The summed E-state index contributed by atoms with van der Waals surface area (Å²) in [4.78, 5) is 0. The minimum Gasteiger partial charge on any atom is -0.375 e. The van der Waals surface area contributed by atoms with E-state index in [4.69, 9.17) is 16.3 Å². The molecule has 0 aliphatic rings. The van der Waals surface area contributed by atoms with Gasteiger partial charge in [-0.25, -0.2) is 4.68 Å². The van der Waals surface area contributed by atoms with Gasteiger partial charge in [0.05, 0.1) is 28.7 Å². The van der Waals surface area contributed by atoms with E-state index in [1.165, 1.54) is 0 Å². The molecule has 2 rings (SSSR count). The lowest BCUT2D eigenvalue weighted by Gasteiger charge is -2.13. The summed E-state index contributed by atoms with van der Waals surface area (Å²) >= 11 is 6.12. The third kappa shape index (κ3) is 1.96. The van der Waals surface area contributed by atoms with Crippen molar-refractivity contribution in [3.05, 3.63) is 47.2 Å². The van der Waals surface area contributed by atoms with Crippen LogP contribution in [0.5, 0.6) is 0 Å². The Kier molecular flexibility index (Phi) is 3.27. The van der Waals surface area contributed by atoms with Gasteiger partial charge in [-0.05, 0) is 19.1 Å². The molecule has 0 saturated heterocycles. The molecule has 0 saturated carbocycles. The van der Waals surface area contributed by atoms with Crippen LogP contribution in [-0.4, -0.2) is 16.9 Å². The van der Waals surface area contributed by atoms with Gasteiger partial charge in [0.1, 0.15) is 0 Å². The third-order valence-electron chi connectivity index (χ3n) is 2.43. The second kappa shape index (κ2) is 4.68. The zero-order valence-corrected chi connectivity index (χ0v) is 9.90. The van der Waals surface area contributed by atoms with E-state index >= 15 is 0 Å². The lowest BCUT2D eigenvalue weighted by Crippen LogP contribution is -2.07. The van der Waals surface area contributed by atoms with Crippen LogP contribution in [0.25, 0.3) is 5.69 Å². The van der Waals surface area contributed by atoms with Crippen LogP contribution >= 0.6 is 11.6 Å². The maximum absolute atomic E-state index is 6.12. The van der Waals surface area contributed by atoms with Crippen molar-refractivity contribution in [2.24, 2.45) is 0 Å². The Morgan fingerprint density at radius 1 is 1.44 bits per heavy atom. The molecule has 1 unspecified atom stereocenters. The highest BCUT2D eigenvalue weighted by Gasteiger charge is 2.13. The first-order valence-corrected chi connectivity index (χ1v) is 5.35. The molecule has 0 aliphatic carbocycles. The van der Waals surface area contributed by atoms with Gasteiger partial charge < -0.3 is 4.74 Å². The Morgan fingerprint density at radius 3 is 2.88 bits per heavy atom. The van der Waals surface area contributed by atoms with Gasteiger partial charge in [0.15, 0.2) is 0 Å². The second-order valence-corrected chi connectivity index (χ2v) is 3.82. The fourth-order valence-electron chi connectivity index (χ4n) is 1.49. The maximum Gasteiger partial charge on any atom is 0.0970 e. The molecule has 0 bridgehead atoms. The van der Waals surface area contributed by atoms with Crippen LogP contribution in [0.3, 0.4) is 0 Å². The van der Waals surface area contributed by atoms with Crippen LogP contribution in [-0.2, 0) is 4.74 Å². The number of hydrogen-bond acceptors (Lipinski definition) is 2. The average molecular weight is 236 g/mol. The lowest BCUT2D eigenvalue weighted by molar-refractivity contribution is 0.113. The monoisotopic (exact) mass is 235 g/mol. The first-order chi connectivity index (χ1) is 7.74. The standard InChI is InChI=1S/C12H12ClN2O/c1-9(16-2)11-7-8-14-15(11)12-6-4-3-5-10(12)13/h3-6,8-9H,1-2H3. The number of hydrogen-bond donors (Lipinski definition) is 0. The van der Waals surface area contributed by atoms with E-state index in [2.05, 4.69) is 11.2 Å². The van der Waals surface area contributed by atoms with Crippen LogP contribution in [0.4, 0.5) is 0 Å². The van der Waals surface area contributed by atoms with Crippen LogP contribution < -0.4 is 0 Å². The number of aromatic nitrogens is 2. The van der Waals surface area contributed by atoms with Crippen molar-refractivity contribution in [1.29, 1.82) is 0 Å². The molecule has 1 radical (unpaired) electrons. The average Bonchev–Trinajstić information content (AvgIpc) is 2.77. The molecule has 2 aromatic rings. The van der Waals surface area contributed by atoms with Crippen LogP contribution in [0.1, 0.15) is 18.7 Å². The molecule has 3 nitrogen and oxygen atoms in total. The number of para-hydroxylation sites is 1. The van der Waals surface area contributed by atoms with Gasteiger partial charge >= 0.3 is 0 Å². The Hall–Kier alpha value is -1.32. The first-order valence-electron chi connectivity index (χ1n) is 4.97. The Balaban J connectivity index is 2.49. The number of methoxy groups -OCH3 is 1. The second-order valence-electron chi connectivity index (χ2n) is 3.42. The fraction of sp³-hybridized carbons (Fsp3) is 0.250. The Bertz CT molecular complexity index is 481. The van der Waals surface area contributed by atoms with Gasteiger partial charge in [0.2, 0.25) is 0 Å². The molecule has 1 aromatic heterocycles. The molecule has 16 heavy (non-hydrogen) atoms. The van der Waals surface area contributed by atoms with E-state index in [0.29, 0.717) is 5.02 Å². The molecule has 1 heterocycles. The first kappa shape index (κ1) is 11.2. The van der Waals surface area contributed by atoms with Gasteiger partial charge in [-0.3, -0.25) is 0 Å². The van der Waals surface area contributed by atoms with Crippen molar-refractivity contribution in [2.45, 2.75) is 13.0 Å². The smallest absolute Gasteiger partial charge is 0.0970 e. The van der Waals surface area contributed by atoms with Crippen molar-refractivity contribution in [2.75, 3.05) is 7.11 Å². The van der Waals surface area contributed by atoms with Crippen molar-refractivity contribution >= 4 is 11.6 Å². The molecule has 0 amide bonds. The highest BCUT2D eigenvalue weighted by atomic mass is 35.5. The van der Waals surface area contributed by atoms with Gasteiger partial charge in [-0.2, -0.15) is 5.10 Å². The fourth-order valence-corrected chi connectivity index (χ4v) is 1.71. The molecular formula is C12H12ClN2O. The number of halogens is 1. The van der Waals surface area contributed by atoms with E-state index in [9.17, 15) is 0 Å². The van der Waals surface area contributed by atoms with E-state index in [1.54, 1.807) is 18.0 Å².